The molecule has 3 unspecified atom stereocenters. The molecule has 0 radical (unpaired) electrons. The molecule has 23 heavy (non-hydrogen) atoms. The van der Waals surface area contributed by atoms with Crippen molar-refractivity contribution in [1.82, 2.24) is 0 Å². The quantitative estimate of drug-likeness (QED) is 0.801. The molecule has 3 atom stereocenters. The van der Waals surface area contributed by atoms with Gasteiger partial charge < -0.3 is 14.6 Å². The van der Waals surface area contributed by atoms with Gasteiger partial charge in [0, 0.05) is 0 Å². The first-order chi connectivity index (χ1) is 10.3. The van der Waals surface area contributed by atoms with Crippen molar-refractivity contribution in [2.45, 2.75) is 72.0 Å². The Morgan fingerprint density at radius 1 is 0.826 bits per heavy atom. The van der Waals surface area contributed by atoms with E-state index in [-0.39, 0.29) is 0 Å². The Morgan fingerprint density at radius 3 is 1.70 bits per heavy atom. The van der Waals surface area contributed by atoms with Crippen molar-refractivity contribution in [1.29, 1.82) is 0 Å². The smallest absolute Gasteiger partial charge is 0.311 e. The molecule has 0 bridgehead atoms. The Bertz CT molecular complexity index is 468. The first-order valence-corrected chi connectivity index (χ1v) is 8.00. The lowest BCUT2D eigenvalue weighted by atomic mass is 9.71. The number of aliphatic carboxylic acids is 1. The Kier molecular flexibility index (Phi) is 5.83. The van der Waals surface area contributed by atoms with Gasteiger partial charge in [-0.05, 0) is 54.4 Å². The molecule has 0 aromatic heterocycles. The van der Waals surface area contributed by atoms with Crippen LogP contribution in [0.4, 0.5) is 0 Å². The van der Waals surface area contributed by atoms with Gasteiger partial charge in [-0.2, -0.15) is 0 Å². The molecule has 1 fully saturated rings. The molecule has 0 aromatic rings. The van der Waals surface area contributed by atoms with E-state index in [9.17, 15) is 19.5 Å². The number of carboxylic acid groups (broad SMARTS) is 1. The van der Waals surface area contributed by atoms with Crippen LogP contribution in [0, 0.1) is 17.8 Å². The molecule has 1 aliphatic rings. The van der Waals surface area contributed by atoms with Crippen LogP contribution in [0.15, 0.2) is 0 Å². The molecule has 0 amide bonds. The number of carboxylic acids is 1. The van der Waals surface area contributed by atoms with Gasteiger partial charge in [0.15, 0.2) is 0 Å². The second-order valence-electron chi connectivity index (χ2n) is 8.07. The summed E-state index contributed by atoms with van der Waals surface area (Å²) in [4.78, 5) is 36.5. The van der Waals surface area contributed by atoms with Crippen LogP contribution < -0.4 is 0 Å². The van der Waals surface area contributed by atoms with Crippen LogP contribution in [-0.2, 0) is 23.9 Å². The van der Waals surface area contributed by atoms with Gasteiger partial charge in [0.05, 0.1) is 17.8 Å². The first-order valence-electron chi connectivity index (χ1n) is 8.00. The Labute approximate surface area is 137 Å². The van der Waals surface area contributed by atoms with E-state index in [2.05, 4.69) is 0 Å². The van der Waals surface area contributed by atoms with Crippen molar-refractivity contribution in [2.24, 2.45) is 17.8 Å². The number of rotatable bonds is 3. The third-order valence-corrected chi connectivity index (χ3v) is 3.60. The lowest BCUT2D eigenvalue weighted by Gasteiger charge is -2.36. The van der Waals surface area contributed by atoms with Gasteiger partial charge in [0.25, 0.3) is 0 Å². The predicted octanol–water partition coefficient (Wildman–Crippen LogP) is 2.79. The average Bonchev–Trinajstić information content (AvgIpc) is 2.33. The zero-order chi connectivity index (χ0) is 18.0. The topological polar surface area (TPSA) is 89.9 Å². The number of carbonyl (C=O) groups is 3. The number of hydrogen-bond acceptors (Lipinski definition) is 5. The molecule has 1 saturated carbocycles. The van der Waals surface area contributed by atoms with Crippen LogP contribution in [0.1, 0.15) is 60.8 Å². The maximum absolute atomic E-state index is 12.5. The SMILES string of the molecule is CC(C)(C)OC(=O)C1CCCC(C(=O)O)C1C(=O)OC(C)(C)C. The summed E-state index contributed by atoms with van der Waals surface area (Å²) in [6.45, 7) is 10.4. The lowest BCUT2D eigenvalue weighted by Crippen LogP contribution is -2.46. The molecule has 0 saturated heterocycles. The van der Waals surface area contributed by atoms with Gasteiger partial charge in [0.2, 0.25) is 0 Å². The highest BCUT2D eigenvalue weighted by atomic mass is 16.6. The number of ether oxygens (including phenoxy) is 2. The molecule has 132 valence electrons. The fourth-order valence-corrected chi connectivity index (χ4v) is 2.81. The summed E-state index contributed by atoms with van der Waals surface area (Å²) in [7, 11) is 0. The van der Waals surface area contributed by atoms with E-state index in [1.807, 2.05) is 0 Å². The van der Waals surface area contributed by atoms with Gasteiger partial charge in [0.1, 0.15) is 11.2 Å². The maximum Gasteiger partial charge on any atom is 0.311 e. The van der Waals surface area contributed by atoms with E-state index in [0.29, 0.717) is 19.3 Å². The number of hydrogen-bond donors (Lipinski definition) is 1. The van der Waals surface area contributed by atoms with Gasteiger partial charge in [-0.3, -0.25) is 14.4 Å². The second-order valence-corrected chi connectivity index (χ2v) is 8.07. The van der Waals surface area contributed by atoms with Crippen molar-refractivity contribution in [3.05, 3.63) is 0 Å². The molecule has 1 aliphatic carbocycles. The second kappa shape index (κ2) is 6.89. The highest BCUT2D eigenvalue weighted by Crippen LogP contribution is 2.38. The van der Waals surface area contributed by atoms with Crippen molar-refractivity contribution >= 4 is 17.9 Å². The number of esters is 2. The third-order valence-electron chi connectivity index (χ3n) is 3.60. The highest BCUT2D eigenvalue weighted by Gasteiger charge is 2.48. The van der Waals surface area contributed by atoms with Crippen molar-refractivity contribution < 1.29 is 29.0 Å². The van der Waals surface area contributed by atoms with Crippen molar-refractivity contribution in [3.8, 4) is 0 Å². The fourth-order valence-electron chi connectivity index (χ4n) is 2.81. The van der Waals surface area contributed by atoms with Crippen LogP contribution in [0.3, 0.4) is 0 Å². The van der Waals surface area contributed by atoms with Crippen LogP contribution in [0.25, 0.3) is 0 Å². The monoisotopic (exact) mass is 328 g/mol. The summed E-state index contributed by atoms with van der Waals surface area (Å²) >= 11 is 0. The minimum atomic E-state index is -1.07. The summed E-state index contributed by atoms with van der Waals surface area (Å²) in [5, 5.41) is 9.43. The Morgan fingerprint density at radius 2 is 1.26 bits per heavy atom. The molecule has 1 N–H and O–H groups in total. The minimum absolute atomic E-state index is 0.360. The zero-order valence-electron chi connectivity index (χ0n) is 14.8. The van der Waals surface area contributed by atoms with E-state index in [0.717, 1.165) is 0 Å². The molecule has 6 nitrogen and oxygen atoms in total. The Hall–Kier alpha value is -1.59. The normalized spacial score (nSPS) is 25.6. The summed E-state index contributed by atoms with van der Waals surface area (Å²) in [5.74, 6) is -4.95. The molecule has 0 heterocycles. The maximum atomic E-state index is 12.5. The molecule has 0 aromatic carbocycles. The van der Waals surface area contributed by atoms with Crippen molar-refractivity contribution in [2.75, 3.05) is 0 Å². The van der Waals surface area contributed by atoms with Gasteiger partial charge >= 0.3 is 17.9 Å². The Balaban J connectivity index is 3.07. The number of carbonyl (C=O) groups excluding carboxylic acids is 2. The zero-order valence-corrected chi connectivity index (χ0v) is 14.8. The molecular weight excluding hydrogens is 300 g/mol. The summed E-state index contributed by atoms with van der Waals surface area (Å²) < 4.78 is 10.7. The average molecular weight is 328 g/mol. The summed E-state index contributed by atoms with van der Waals surface area (Å²) in [5.41, 5.74) is -1.43. The fraction of sp³-hybridized carbons (Fsp3) is 0.824. The first kappa shape index (κ1) is 19.5. The van der Waals surface area contributed by atoms with E-state index >= 15 is 0 Å². The molecule has 1 rings (SSSR count). The van der Waals surface area contributed by atoms with Crippen LogP contribution in [0.5, 0.6) is 0 Å². The lowest BCUT2D eigenvalue weighted by molar-refractivity contribution is -0.181. The van der Waals surface area contributed by atoms with Crippen LogP contribution in [-0.4, -0.2) is 34.2 Å². The molecule has 0 spiro atoms. The molecule has 0 aliphatic heterocycles. The van der Waals surface area contributed by atoms with Crippen LogP contribution >= 0.6 is 0 Å². The van der Waals surface area contributed by atoms with Crippen molar-refractivity contribution in [3.63, 3.8) is 0 Å². The van der Waals surface area contributed by atoms with E-state index in [1.165, 1.54) is 0 Å². The minimum Gasteiger partial charge on any atom is -0.481 e. The summed E-state index contributed by atoms with van der Waals surface area (Å²) in [6, 6.07) is 0. The third kappa shape index (κ3) is 5.84. The van der Waals surface area contributed by atoms with E-state index in [1.54, 1.807) is 41.5 Å². The van der Waals surface area contributed by atoms with Gasteiger partial charge in [-0.25, -0.2) is 0 Å². The highest BCUT2D eigenvalue weighted by molar-refractivity contribution is 5.87. The van der Waals surface area contributed by atoms with E-state index in [4.69, 9.17) is 9.47 Å². The van der Waals surface area contributed by atoms with Gasteiger partial charge in [-0.1, -0.05) is 6.42 Å². The molecular formula is C17H28O6. The van der Waals surface area contributed by atoms with E-state index < -0.39 is 46.9 Å². The van der Waals surface area contributed by atoms with Crippen LogP contribution in [0.2, 0.25) is 0 Å². The largest absolute Gasteiger partial charge is 0.481 e. The standard InChI is InChI=1S/C17H28O6/c1-16(2,3)22-14(20)11-9-7-8-10(13(18)19)12(11)15(21)23-17(4,5)6/h10-12H,7-9H2,1-6H3,(H,18,19). The summed E-state index contributed by atoms with van der Waals surface area (Å²) in [6.07, 6.45) is 1.36. The van der Waals surface area contributed by atoms with Gasteiger partial charge in [-0.15, -0.1) is 0 Å². The predicted molar refractivity (Wildman–Crippen MR) is 83.6 cm³/mol. The molecule has 6 heteroatoms.